The van der Waals surface area contributed by atoms with Crippen molar-refractivity contribution in [3.05, 3.63) is 27.7 Å². The Bertz CT molecular complexity index is 651. The van der Waals surface area contributed by atoms with E-state index in [0.29, 0.717) is 4.47 Å². The lowest BCUT2D eigenvalue weighted by Crippen LogP contribution is -2.40. The molecule has 1 unspecified atom stereocenters. The maximum atomic E-state index is 12.4. The average Bonchev–Trinajstić information content (AvgIpc) is 2.45. The molecule has 0 spiro atoms. The molecule has 4 nitrogen and oxygen atoms in total. The van der Waals surface area contributed by atoms with E-state index >= 15 is 0 Å². The van der Waals surface area contributed by atoms with Gasteiger partial charge in [-0.3, -0.25) is 0 Å². The van der Waals surface area contributed by atoms with Gasteiger partial charge in [0, 0.05) is 4.47 Å². The van der Waals surface area contributed by atoms with Crippen LogP contribution < -0.4 is 4.72 Å². The summed E-state index contributed by atoms with van der Waals surface area (Å²) in [5, 5.41) is 9.42. The predicted octanol–water partition coefficient (Wildman–Crippen LogP) is 3.85. The maximum Gasteiger partial charge on any atom is 0.243 e. The zero-order valence-corrected chi connectivity index (χ0v) is 14.5. The van der Waals surface area contributed by atoms with E-state index in [2.05, 4.69) is 26.7 Å². The molecule has 0 aromatic heterocycles. The lowest BCUT2D eigenvalue weighted by molar-refractivity contribution is 0.324. The molecule has 1 aliphatic carbocycles. The quantitative estimate of drug-likeness (QED) is 0.847. The van der Waals surface area contributed by atoms with Gasteiger partial charge in [0.15, 0.2) is 0 Å². The fourth-order valence-corrected chi connectivity index (χ4v) is 4.87. The Balaban J connectivity index is 2.21. The van der Waals surface area contributed by atoms with Crippen LogP contribution in [0.15, 0.2) is 27.6 Å². The van der Waals surface area contributed by atoms with Crippen LogP contribution in [0.3, 0.4) is 0 Å². The molecular formula is C14H16BrClN2O2S. The molecule has 0 amide bonds. The molecule has 1 aromatic carbocycles. The number of hydrogen-bond donors (Lipinski definition) is 1. The van der Waals surface area contributed by atoms with E-state index in [-0.39, 0.29) is 15.8 Å². The first-order valence-corrected chi connectivity index (χ1v) is 9.46. The molecule has 1 N–H and O–H groups in total. The van der Waals surface area contributed by atoms with Gasteiger partial charge in [-0.05, 0) is 37.0 Å². The first kappa shape index (κ1) is 16.8. The molecule has 0 aliphatic heterocycles. The number of nitriles is 1. The van der Waals surface area contributed by atoms with Crippen LogP contribution in [0.2, 0.25) is 5.02 Å². The minimum atomic E-state index is -3.79. The molecule has 0 radical (unpaired) electrons. The van der Waals surface area contributed by atoms with Crippen molar-refractivity contribution in [3.63, 3.8) is 0 Å². The summed E-state index contributed by atoms with van der Waals surface area (Å²) < 4.78 is 28.0. The molecule has 0 saturated heterocycles. The zero-order valence-electron chi connectivity index (χ0n) is 11.4. The largest absolute Gasteiger partial charge is 0.243 e. The summed E-state index contributed by atoms with van der Waals surface area (Å²) in [5.41, 5.74) is 0. The van der Waals surface area contributed by atoms with Gasteiger partial charge in [-0.2, -0.15) is 9.98 Å². The van der Waals surface area contributed by atoms with Gasteiger partial charge in [0.1, 0.15) is 10.9 Å². The highest BCUT2D eigenvalue weighted by Crippen LogP contribution is 2.29. The van der Waals surface area contributed by atoms with Crippen LogP contribution >= 0.6 is 27.5 Å². The van der Waals surface area contributed by atoms with Crippen molar-refractivity contribution in [2.75, 3.05) is 0 Å². The lowest BCUT2D eigenvalue weighted by Gasteiger charge is -2.26. The molecule has 114 valence electrons. The summed E-state index contributed by atoms with van der Waals surface area (Å²) in [7, 11) is -3.79. The summed E-state index contributed by atoms with van der Waals surface area (Å²) in [6, 6.07) is 5.96. The highest BCUT2D eigenvalue weighted by molar-refractivity contribution is 9.10. The van der Waals surface area contributed by atoms with E-state index in [9.17, 15) is 13.7 Å². The lowest BCUT2D eigenvalue weighted by atomic mass is 9.85. The molecule has 0 heterocycles. The zero-order chi connectivity index (χ0) is 15.5. The van der Waals surface area contributed by atoms with Crippen LogP contribution in [-0.2, 0) is 10.0 Å². The molecule has 1 fully saturated rings. The van der Waals surface area contributed by atoms with Crippen molar-refractivity contribution in [2.45, 2.75) is 43.0 Å². The Morgan fingerprint density at radius 1 is 1.33 bits per heavy atom. The second kappa shape index (κ2) is 7.10. The average molecular weight is 392 g/mol. The fraction of sp³-hybridized carbons (Fsp3) is 0.500. The molecule has 2 rings (SSSR count). The Hall–Kier alpha value is -0.610. The van der Waals surface area contributed by atoms with Crippen LogP contribution in [0.5, 0.6) is 0 Å². The number of halogens is 2. The Morgan fingerprint density at radius 3 is 2.57 bits per heavy atom. The minimum Gasteiger partial charge on any atom is -0.207 e. The van der Waals surface area contributed by atoms with Crippen LogP contribution in [0.4, 0.5) is 0 Å². The van der Waals surface area contributed by atoms with E-state index in [1.807, 2.05) is 0 Å². The SMILES string of the molecule is N#CC(NS(=O)(=O)c1ccc(Br)cc1Cl)C1CCCCC1. The van der Waals surface area contributed by atoms with Gasteiger partial charge in [-0.25, -0.2) is 8.42 Å². The Kier molecular flexibility index (Phi) is 5.67. The van der Waals surface area contributed by atoms with Crippen molar-refractivity contribution < 1.29 is 8.42 Å². The fourth-order valence-electron chi connectivity index (χ4n) is 2.62. The number of rotatable bonds is 4. The van der Waals surface area contributed by atoms with Crippen LogP contribution in [0.25, 0.3) is 0 Å². The number of benzene rings is 1. The molecular weight excluding hydrogens is 376 g/mol. The topological polar surface area (TPSA) is 70.0 Å². The van der Waals surface area contributed by atoms with Gasteiger partial charge in [0.25, 0.3) is 0 Å². The number of nitrogens with one attached hydrogen (secondary N) is 1. The third kappa shape index (κ3) is 4.19. The summed E-state index contributed by atoms with van der Waals surface area (Å²) in [4.78, 5) is 0.00317. The van der Waals surface area contributed by atoms with Gasteiger partial charge in [-0.15, -0.1) is 0 Å². The van der Waals surface area contributed by atoms with Crippen molar-refractivity contribution >= 4 is 37.6 Å². The van der Waals surface area contributed by atoms with Gasteiger partial charge >= 0.3 is 0 Å². The first-order valence-electron chi connectivity index (χ1n) is 6.81. The summed E-state index contributed by atoms with van der Waals surface area (Å²) >= 11 is 9.23. The van der Waals surface area contributed by atoms with Crippen LogP contribution in [0, 0.1) is 17.2 Å². The van der Waals surface area contributed by atoms with Gasteiger partial charge in [-0.1, -0.05) is 46.8 Å². The third-order valence-electron chi connectivity index (χ3n) is 3.73. The van der Waals surface area contributed by atoms with Crippen molar-refractivity contribution in [1.82, 2.24) is 4.72 Å². The van der Waals surface area contributed by atoms with Gasteiger partial charge in [0.05, 0.1) is 11.1 Å². The minimum absolute atomic E-state index is 0.00317. The Labute approximate surface area is 138 Å². The van der Waals surface area contributed by atoms with Crippen molar-refractivity contribution in [3.8, 4) is 6.07 Å². The highest BCUT2D eigenvalue weighted by atomic mass is 79.9. The standard InChI is InChI=1S/C14H16BrClN2O2S/c15-11-6-7-14(12(16)8-11)21(19,20)18-13(9-17)10-4-2-1-3-5-10/h6-8,10,13,18H,1-5H2. The van der Waals surface area contributed by atoms with Gasteiger partial charge < -0.3 is 0 Å². The monoisotopic (exact) mass is 390 g/mol. The summed E-state index contributed by atoms with van der Waals surface area (Å²) in [5.74, 6) is 0.0766. The number of sulfonamides is 1. The molecule has 21 heavy (non-hydrogen) atoms. The first-order chi connectivity index (χ1) is 9.94. The smallest absolute Gasteiger partial charge is 0.207 e. The molecule has 1 aromatic rings. The van der Waals surface area contributed by atoms with Crippen LogP contribution in [0.1, 0.15) is 32.1 Å². The Morgan fingerprint density at radius 2 is 2.00 bits per heavy atom. The van der Waals surface area contributed by atoms with E-state index in [4.69, 9.17) is 11.6 Å². The predicted molar refractivity (Wildman–Crippen MR) is 85.4 cm³/mol. The summed E-state index contributed by atoms with van der Waals surface area (Å²) in [6.07, 6.45) is 5.01. The van der Waals surface area contributed by atoms with Gasteiger partial charge in [0.2, 0.25) is 10.0 Å². The molecule has 0 bridgehead atoms. The molecule has 1 saturated carbocycles. The van der Waals surface area contributed by atoms with E-state index < -0.39 is 16.1 Å². The maximum absolute atomic E-state index is 12.4. The van der Waals surface area contributed by atoms with E-state index in [1.54, 1.807) is 6.07 Å². The third-order valence-corrected chi connectivity index (χ3v) is 6.14. The normalized spacial score (nSPS) is 18.1. The van der Waals surface area contributed by atoms with E-state index in [1.165, 1.54) is 12.1 Å². The molecule has 7 heteroatoms. The molecule has 1 aliphatic rings. The van der Waals surface area contributed by atoms with Crippen molar-refractivity contribution in [2.24, 2.45) is 5.92 Å². The molecule has 1 atom stereocenters. The van der Waals surface area contributed by atoms with Crippen LogP contribution in [-0.4, -0.2) is 14.5 Å². The number of nitrogens with zero attached hydrogens (tertiary/aromatic N) is 1. The van der Waals surface area contributed by atoms with Crippen molar-refractivity contribution in [1.29, 1.82) is 5.26 Å². The van der Waals surface area contributed by atoms with E-state index in [0.717, 1.165) is 32.1 Å². The highest BCUT2D eigenvalue weighted by Gasteiger charge is 2.29. The second-order valence-electron chi connectivity index (χ2n) is 5.20. The second-order valence-corrected chi connectivity index (χ2v) is 8.21. The summed E-state index contributed by atoms with van der Waals surface area (Å²) in [6.45, 7) is 0. The number of hydrogen-bond acceptors (Lipinski definition) is 3.